The first-order chi connectivity index (χ1) is 5.34. The minimum Gasteiger partial charge on any atom is -0.339 e. The van der Waals surface area contributed by atoms with Crippen molar-refractivity contribution in [2.24, 2.45) is 5.34 Å². The van der Waals surface area contributed by atoms with Crippen LogP contribution in [-0.4, -0.2) is 0 Å². The van der Waals surface area contributed by atoms with E-state index in [0.29, 0.717) is 5.56 Å². The van der Waals surface area contributed by atoms with Crippen LogP contribution in [0.25, 0.3) is 0 Å². The first-order valence-corrected chi connectivity index (χ1v) is 3.45. The predicted octanol–water partition coefficient (Wildman–Crippen LogP) is 2.62. The highest BCUT2D eigenvalue weighted by atomic mass is 35.5. The highest BCUT2D eigenvalue weighted by Crippen LogP contribution is 2.20. The van der Waals surface area contributed by atoms with E-state index in [-0.39, 0.29) is 0 Å². The maximum Gasteiger partial charge on any atom is 0.229 e. The van der Waals surface area contributed by atoms with E-state index in [4.69, 9.17) is 11.6 Å². The van der Waals surface area contributed by atoms with Crippen LogP contribution in [0.5, 0.6) is 0 Å². The summed E-state index contributed by atoms with van der Waals surface area (Å²) in [5, 5.41) is 2.23. The fraction of sp³-hybridized carbons (Fsp3) is 0.143. The SMILES string of the molecule is O=NOC(Cl)c1ccccc1. The number of halogens is 1. The first kappa shape index (κ1) is 8.01. The molecule has 0 N–H and O–H groups in total. The zero-order chi connectivity index (χ0) is 8.10. The number of hydrogen-bond acceptors (Lipinski definition) is 3. The summed E-state index contributed by atoms with van der Waals surface area (Å²) in [4.78, 5) is 13.9. The minimum absolute atomic E-state index is 0.716. The topological polar surface area (TPSA) is 38.7 Å². The molecule has 0 aliphatic heterocycles. The summed E-state index contributed by atoms with van der Waals surface area (Å²) in [6.07, 6.45) is 0. The van der Waals surface area contributed by atoms with Gasteiger partial charge in [-0.15, -0.1) is 4.91 Å². The Morgan fingerprint density at radius 3 is 2.55 bits per heavy atom. The summed E-state index contributed by atoms with van der Waals surface area (Å²) in [5.74, 6) is 0. The Bertz CT molecular complexity index is 227. The van der Waals surface area contributed by atoms with Gasteiger partial charge in [0, 0.05) is 5.56 Å². The van der Waals surface area contributed by atoms with Crippen molar-refractivity contribution >= 4 is 11.6 Å². The molecule has 58 valence electrons. The molecule has 3 nitrogen and oxygen atoms in total. The van der Waals surface area contributed by atoms with Crippen molar-refractivity contribution in [2.75, 3.05) is 0 Å². The number of alkyl halides is 1. The number of benzene rings is 1. The third-order valence-corrected chi connectivity index (χ3v) is 1.53. The quantitative estimate of drug-likeness (QED) is 0.398. The highest BCUT2D eigenvalue weighted by molar-refractivity contribution is 6.19. The molecule has 4 heteroatoms. The van der Waals surface area contributed by atoms with E-state index in [1.54, 1.807) is 24.3 Å². The molecule has 0 saturated carbocycles. The minimum atomic E-state index is -0.784. The van der Waals surface area contributed by atoms with Gasteiger partial charge in [-0.25, -0.2) is 0 Å². The summed E-state index contributed by atoms with van der Waals surface area (Å²) >= 11 is 5.59. The molecule has 1 rings (SSSR count). The fourth-order valence-electron chi connectivity index (χ4n) is 0.703. The van der Waals surface area contributed by atoms with Crippen LogP contribution in [0.4, 0.5) is 0 Å². The van der Waals surface area contributed by atoms with E-state index in [2.05, 4.69) is 10.2 Å². The monoisotopic (exact) mass is 171 g/mol. The van der Waals surface area contributed by atoms with Gasteiger partial charge >= 0.3 is 0 Å². The Morgan fingerprint density at radius 1 is 1.36 bits per heavy atom. The van der Waals surface area contributed by atoms with Crippen LogP contribution in [-0.2, 0) is 4.84 Å². The van der Waals surface area contributed by atoms with E-state index in [9.17, 15) is 4.91 Å². The van der Waals surface area contributed by atoms with Crippen LogP contribution in [0.3, 0.4) is 0 Å². The average molecular weight is 172 g/mol. The van der Waals surface area contributed by atoms with Gasteiger partial charge < -0.3 is 4.84 Å². The van der Waals surface area contributed by atoms with Gasteiger partial charge in [-0.05, 0) is 0 Å². The van der Waals surface area contributed by atoms with Crippen molar-refractivity contribution in [1.29, 1.82) is 0 Å². The zero-order valence-corrected chi connectivity index (χ0v) is 6.36. The van der Waals surface area contributed by atoms with Crippen molar-refractivity contribution < 1.29 is 4.84 Å². The molecule has 0 fully saturated rings. The van der Waals surface area contributed by atoms with Crippen molar-refractivity contribution in [1.82, 2.24) is 0 Å². The van der Waals surface area contributed by atoms with Crippen LogP contribution in [0, 0.1) is 4.91 Å². The highest BCUT2D eigenvalue weighted by Gasteiger charge is 2.06. The van der Waals surface area contributed by atoms with Crippen molar-refractivity contribution in [3.8, 4) is 0 Å². The summed E-state index contributed by atoms with van der Waals surface area (Å²) < 4.78 is 0. The molecule has 0 amide bonds. The largest absolute Gasteiger partial charge is 0.339 e. The van der Waals surface area contributed by atoms with Crippen LogP contribution >= 0.6 is 11.6 Å². The molecule has 0 saturated heterocycles. The molecule has 0 bridgehead atoms. The van der Waals surface area contributed by atoms with Gasteiger partial charge in [-0.2, -0.15) is 0 Å². The van der Waals surface area contributed by atoms with E-state index in [0.717, 1.165) is 0 Å². The Balaban J connectivity index is 2.68. The summed E-state index contributed by atoms with van der Waals surface area (Å²) in [7, 11) is 0. The second-order valence-electron chi connectivity index (χ2n) is 1.91. The number of rotatable bonds is 3. The van der Waals surface area contributed by atoms with Gasteiger partial charge in [0.25, 0.3) is 0 Å². The Labute approximate surface area is 68.9 Å². The molecule has 1 atom stereocenters. The summed E-state index contributed by atoms with van der Waals surface area (Å²) in [5.41, 5.74) is -0.0672. The van der Waals surface area contributed by atoms with Crippen LogP contribution in [0.15, 0.2) is 35.7 Å². The molecule has 0 heterocycles. The second kappa shape index (κ2) is 3.93. The van der Waals surface area contributed by atoms with E-state index in [1.165, 1.54) is 0 Å². The van der Waals surface area contributed by atoms with Gasteiger partial charge in [0.1, 0.15) is 0 Å². The third-order valence-electron chi connectivity index (χ3n) is 1.20. The Kier molecular flexibility index (Phi) is 2.86. The lowest BCUT2D eigenvalue weighted by atomic mass is 10.2. The smallest absolute Gasteiger partial charge is 0.229 e. The normalized spacial score (nSPS) is 12.1. The van der Waals surface area contributed by atoms with E-state index >= 15 is 0 Å². The van der Waals surface area contributed by atoms with Gasteiger partial charge in [-0.3, -0.25) is 0 Å². The van der Waals surface area contributed by atoms with Crippen molar-refractivity contribution in [3.05, 3.63) is 40.8 Å². The van der Waals surface area contributed by atoms with E-state index in [1.807, 2.05) is 6.07 Å². The van der Waals surface area contributed by atoms with Crippen LogP contribution in [0.1, 0.15) is 11.1 Å². The third kappa shape index (κ3) is 2.20. The van der Waals surface area contributed by atoms with Crippen molar-refractivity contribution in [2.45, 2.75) is 5.56 Å². The van der Waals surface area contributed by atoms with Crippen LogP contribution in [0.2, 0.25) is 0 Å². The molecule has 0 aliphatic rings. The first-order valence-electron chi connectivity index (χ1n) is 3.02. The molecule has 1 aromatic rings. The molecule has 1 aromatic carbocycles. The maximum atomic E-state index is 9.63. The fourth-order valence-corrected chi connectivity index (χ4v) is 0.881. The molecule has 0 aromatic heterocycles. The number of nitrogens with zero attached hydrogens (tertiary/aromatic N) is 1. The summed E-state index contributed by atoms with van der Waals surface area (Å²) in [6.45, 7) is 0. The van der Waals surface area contributed by atoms with Crippen LogP contribution < -0.4 is 0 Å². The Hall–Kier alpha value is -1.09. The standard InChI is InChI=1S/C7H6ClNO2/c8-7(11-9-10)6-4-2-1-3-5-6/h1-5,7H. The molecule has 0 radical (unpaired) electrons. The van der Waals surface area contributed by atoms with Gasteiger partial charge in [0.2, 0.25) is 5.56 Å². The molecule has 1 unspecified atom stereocenters. The Morgan fingerprint density at radius 2 is 2.00 bits per heavy atom. The molecule has 11 heavy (non-hydrogen) atoms. The lowest BCUT2D eigenvalue weighted by Gasteiger charge is -2.03. The molecular weight excluding hydrogens is 166 g/mol. The number of hydrogen-bond donors (Lipinski definition) is 0. The molecular formula is C7H6ClNO2. The second-order valence-corrected chi connectivity index (χ2v) is 2.30. The van der Waals surface area contributed by atoms with Gasteiger partial charge in [0.15, 0.2) is 5.34 Å². The predicted molar refractivity (Wildman–Crippen MR) is 41.9 cm³/mol. The molecule has 0 aliphatic carbocycles. The lowest BCUT2D eigenvalue weighted by molar-refractivity contribution is 0.112. The maximum absolute atomic E-state index is 9.63. The van der Waals surface area contributed by atoms with Crippen molar-refractivity contribution in [3.63, 3.8) is 0 Å². The van der Waals surface area contributed by atoms with E-state index < -0.39 is 5.56 Å². The average Bonchev–Trinajstić information content (AvgIpc) is 2.07. The molecule has 0 spiro atoms. The zero-order valence-electron chi connectivity index (χ0n) is 5.61. The van der Waals surface area contributed by atoms with Gasteiger partial charge in [0.05, 0.1) is 0 Å². The lowest BCUT2D eigenvalue weighted by Crippen LogP contribution is -1.89. The van der Waals surface area contributed by atoms with Gasteiger partial charge in [-0.1, -0.05) is 41.9 Å². The summed E-state index contributed by atoms with van der Waals surface area (Å²) in [6, 6.07) is 8.96.